The van der Waals surface area contributed by atoms with Gasteiger partial charge in [0, 0.05) is 11.4 Å². The normalized spacial score (nSPS) is 13.1. The maximum absolute atomic E-state index is 14.1. The summed E-state index contributed by atoms with van der Waals surface area (Å²) >= 11 is 5.81. The summed E-state index contributed by atoms with van der Waals surface area (Å²) in [6.45, 7) is 3.10. The number of alkyl halides is 1. The van der Waals surface area contributed by atoms with E-state index in [4.69, 9.17) is 31.5 Å². The fraction of sp³-hybridized carbons (Fsp3) is 0.381. The van der Waals surface area contributed by atoms with E-state index in [1.165, 1.54) is 6.07 Å². The van der Waals surface area contributed by atoms with Crippen molar-refractivity contribution in [2.24, 2.45) is 0 Å². The number of nitrogens with two attached hydrogens (primary N) is 1. The van der Waals surface area contributed by atoms with Crippen LogP contribution in [0.3, 0.4) is 0 Å². The number of carboxylic acid groups (broad SMARTS) is 1. The molecule has 158 valence electrons. The predicted octanol–water partition coefficient (Wildman–Crippen LogP) is 4.14. The topological polar surface area (TPSA) is 91.0 Å². The van der Waals surface area contributed by atoms with E-state index in [0.717, 1.165) is 5.56 Å². The highest BCUT2D eigenvalue weighted by Crippen LogP contribution is 2.25. The van der Waals surface area contributed by atoms with E-state index >= 15 is 0 Å². The summed E-state index contributed by atoms with van der Waals surface area (Å²) in [5.41, 5.74) is 6.81. The quantitative estimate of drug-likeness (QED) is 0.526. The summed E-state index contributed by atoms with van der Waals surface area (Å²) in [6, 6.07) is 11.5. The van der Waals surface area contributed by atoms with Crippen LogP contribution in [0, 0.1) is 0 Å². The van der Waals surface area contributed by atoms with Crippen LogP contribution in [0.4, 0.5) is 10.1 Å². The van der Waals surface area contributed by atoms with E-state index < -0.39 is 18.2 Å². The summed E-state index contributed by atoms with van der Waals surface area (Å²) in [6.07, 6.45) is -2.37. The molecule has 2 rings (SSSR count). The Morgan fingerprint density at radius 2 is 1.90 bits per heavy atom. The fourth-order valence-corrected chi connectivity index (χ4v) is 2.74. The van der Waals surface area contributed by atoms with Crippen LogP contribution < -0.4 is 15.2 Å². The molecular weight excluding hydrogens is 401 g/mol. The first kappa shape index (κ1) is 22.8. The molecule has 0 fully saturated rings. The standard InChI is InChI=1S/C21H25ClFNO5/c1-13(2)29-20(21(25)26)9-14-4-3-5-17(8-14)27-11-16(23)12-28-19-7-6-15(22)10-18(19)24/h3-8,10,13,16,20H,9,11-12,24H2,1-2H3,(H,25,26)/t16-,20-/m0/s1. The van der Waals surface area contributed by atoms with E-state index in [-0.39, 0.29) is 25.7 Å². The molecule has 0 aliphatic carbocycles. The lowest BCUT2D eigenvalue weighted by atomic mass is 10.1. The lowest BCUT2D eigenvalue weighted by Crippen LogP contribution is -2.29. The molecule has 0 heterocycles. The second-order valence-electron chi connectivity index (χ2n) is 6.76. The van der Waals surface area contributed by atoms with Gasteiger partial charge in [-0.2, -0.15) is 0 Å². The molecule has 0 aliphatic heterocycles. The number of nitrogen functional groups attached to an aromatic ring is 1. The lowest BCUT2D eigenvalue weighted by molar-refractivity contribution is -0.153. The van der Waals surface area contributed by atoms with Crippen LogP contribution in [0.25, 0.3) is 0 Å². The van der Waals surface area contributed by atoms with Crippen LogP contribution in [0.2, 0.25) is 5.02 Å². The van der Waals surface area contributed by atoms with Crippen LogP contribution in [0.5, 0.6) is 11.5 Å². The van der Waals surface area contributed by atoms with E-state index in [1.807, 2.05) is 0 Å². The summed E-state index contributed by atoms with van der Waals surface area (Å²) < 4.78 is 30.4. The molecule has 0 spiro atoms. The molecule has 0 aliphatic rings. The maximum atomic E-state index is 14.1. The van der Waals surface area contributed by atoms with Crippen molar-refractivity contribution in [2.45, 2.75) is 38.6 Å². The van der Waals surface area contributed by atoms with Gasteiger partial charge in [-0.3, -0.25) is 0 Å². The number of aliphatic carboxylic acids is 1. The minimum absolute atomic E-state index is 0.183. The molecule has 0 aromatic heterocycles. The van der Waals surface area contributed by atoms with Crippen molar-refractivity contribution < 1.29 is 28.5 Å². The number of benzene rings is 2. The molecule has 0 radical (unpaired) electrons. The smallest absolute Gasteiger partial charge is 0.333 e. The number of halogens is 2. The number of carboxylic acids is 1. The second kappa shape index (κ2) is 10.9. The third kappa shape index (κ3) is 7.79. The largest absolute Gasteiger partial charge is 0.490 e. The number of hydrogen-bond acceptors (Lipinski definition) is 5. The highest BCUT2D eigenvalue weighted by Gasteiger charge is 2.20. The summed E-state index contributed by atoms with van der Waals surface area (Å²) in [5, 5.41) is 9.75. The molecule has 0 bridgehead atoms. The molecule has 6 nitrogen and oxygen atoms in total. The average molecular weight is 426 g/mol. The maximum Gasteiger partial charge on any atom is 0.333 e. The van der Waals surface area contributed by atoms with Crippen molar-refractivity contribution in [2.75, 3.05) is 18.9 Å². The third-order valence-corrected chi connectivity index (χ3v) is 4.09. The lowest BCUT2D eigenvalue weighted by Gasteiger charge is -2.17. The van der Waals surface area contributed by atoms with Crippen LogP contribution in [0.15, 0.2) is 42.5 Å². The Bertz CT molecular complexity index is 817. The van der Waals surface area contributed by atoms with Crippen molar-refractivity contribution in [3.63, 3.8) is 0 Å². The van der Waals surface area contributed by atoms with E-state index in [0.29, 0.717) is 22.2 Å². The predicted molar refractivity (Wildman–Crippen MR) is 110 cm³/mol. The van der Waals surface area contributed by atoms with Crippen molar-refractivity contribution in [3.8, 4) is 11.5 Å². The second-order valence-corrected chi connectivity index (χ2v) is 7.20. The molecule has 0 saturated heterocycles. The van der Waals surface area contributed by atoms with Crippen molar-refractivity contribution >= 4 is 23.3 Å². The Morgan fingerprint density at radius 3 is 2.55 bits per heavy atom. The number of rotatable bonds is 11. The summed E-state index contributed by atoms with van der Waals surface area (Å²) in [5.74, 6) is -0.249. The Kier molecular flexibility index (Phi) is 8.54. The van der Waals surface area contributed by atoms with Crippen LogP contribution >= 0.6 is 11.6 Å². The minimum Gasteiger partial charge on any atom is -0.490 e. The summed E-state index contributed by atoms with van der Waals surface area (Å²) in [4.78, 5) is 11.3. The average Bonchev–Trinajstić information content (AvgIpc) is 2.65. The van der Waals surface area contributed by atoms with Crippen LogP contribution in [0.1, 0.15) is 19.4 Å². The molecule has 2 atom stereocenters. The zero-order valence-corrected chi connectivity index (χ0v) is 17.1. The fourth-order valence-electron chi connectivity index (χ4n) is 2.56. The Balaban J connectivity index is 1.87. The van der Waals surface area contributed by atoms with Crippen molar-refractivity contribution in [1.82, 2.24) is 0 Å². The Hall–Kier alpha value is -2.51. The molecule has 2 aromatic carbocycles. The van der Waals surface area contributed by atoms with Gasteiger partial charge in [0.05, 0.1) is 11.8 Å². The molecule has 0 amide bonds. The van der Waals surface area contributed by atoms with E-state index in [1.54, 1.807) is 50.2 Å². The van der Waals surface area contributed by atoms with Crippen LogP contribution in [-0.2, 0) is 16.0 Å². The molecular formula is C21H25ClFNO5. The highest BCUT2D eigenvalue weighted by molar-refractivity contribution is 6.30. The molecule has 8 heteroatoms. The van der Waals surface area contributed by atoms with E-state index in [9.17, 15) is 14.3 Å². The number of hydrogen-bond donors (Lipinski definition) is 2. The first-order valence-electron chi connectivity index (χ1n) is 9.16. The first-order chi connectivity index (χ1) is 13.7. The van der Waals surface area contributed by atoms with Gasteiger partial charge >= 0.3 is 5.97 Å². The molecule has 3 N–H and O–H groups in total. The number of carbonyl (C=O) groups is 1. The van der Waals surface area contributed by atoms with Crippen molar-refractivity contribution in [3.05, 3.63) is 53.1 Å². The Morgan fingerprint density at radius 1 is 1.17 bits per heavy atom. The summed E-state index contributed by atoms with van der Waals surface area (Å²) in [7, 11) is 0. The van der Waals surface area contributed by atoms with Gasteiger partial charge in [0.1, 0.15) is 24.7 Å². The van der Waals surface area contributed by atoms with E-state index in [2.05, 4.69) is 0 Å². The zero-order chi connectivity index (χ0) is 21.4. The number of ether oxygens (including phenoxy) is 3. The first-order valence-corrected chi connectivity index (χ1v) is 9.54. The van der Waals surface area contributed by atoms with Gasteiger partial charge in [0.15, 0.2) is 12.3 Å². The van der Waals surface area contributed by atoms with Gasteiger partial charge < -0.3 is 25.1 Å². The highest BCUT2D eigenvalue weighted by atomic mass is 35.5. The van der Waals surface area contributed by atoms with Gasteiger partial charge in [0.25, 0.3) is 0 Å². The Labute approximate surface area is 174 Å². The van der Waals surface area contributed by atoms with Gasteiger partial charge in [0.2, 0.25) is 0 Å². The van der Waals surface area contributed by atoms with Crippen LogP contribution in [-0.4, -0.2) is 42.7 Å². The van der Waals surface area contributed by atoms with Gasteiger partial charge in [-0.05, 0) is 49.7 Å². The SMILES string of the molecule is CC(C)O[C@@H](Cc1cccc(OC[C@H](F)COc2ccc(Cl)cc2N)c1)C(=O)O. The molecule has 0 saturated carbocycles. The minimum atomic E-state index is -1.38. The molecule has 29 heavy (non-hydrogen) atoms. The van der Waals surface area contributed by atoms with Gasteiger partial charge in [-0.15, -0.1) is 0 Å². The number of anilines is 1. The molecule has 0 unspecified atom stereocenters. The molecule has 2 aromatic rings. The monoisotopic (exact) mass is 425 g/mol. The third-order valence-electron chi connectivity index (χ3n) is 3.85. The van der Waals surface area contributed by atoms with Gasteiger partial charge in [-0.1, -0.05) is 23.7 Å². The van der Waals surface area contributed by atoms with Gasteiger partial charge in [-0.25, -0.2) is 9.18 Å². The zero-order valence-electron chi connectivity index (χ0n) is 16.3. The van der Waals surface area contributed by atoms with Crippen molar-refractivity contribution in [1.29, 1.82) is 0 Å².